The standard InChI is InChI=1S/C8H9N5O5S2/c1-4-11-6(18-12-4)3-10-20(16,17)7-2-5(13(14)15)8(9)19-7/h2,10H,3,9H2,1H3. The maximum Gasteiger partial charge on any atom is 0.304 e. The zero-order chi connectivity index (χ0) is 14.9. The van der Waals surface area contributed by atoms with Gasteiger partial charge in [0.15, 0.2) is 10.8 Å². The van der Waals surface area contributed by atoms with E-state index in [-0.39, 0.29) is 21.6 Å². The molecule has 0 aliphatic rings. The molecule has 0 saturated heterocycles. The van der Waals surface area contributed by atoms with Gasteiger partial charge in [0.05, 0.1) is 11.5 Å². The summed E-state index contributed by atoms with van der Waals surface area (Å²) in [6.07, 6.45) is 0. The van der Waals surface area contributed by atoms with E-state index in [0.29, 0.717) is 17.2 Å². The topological polar surface area (TPSA) is 154 Å². The molecule has 0 bridgehead atoms. The number of aryl methyl sites for hydroxylation is 1. The van der Waals surface area contributed by atoms with Crippen LogP contribution in [0.3, 0.4) is 0 Å². The molecule has 0 aliphatic carbocycles. The molecule has 0 aliphatic heterocycles. The van der Waals surface area contributed by atoms with E-state index in [9.17, 15) is 18.5 Å². The maximum atomic E-state index is 11.9. The van der Waals surface area contributed by atoms with Gasteiger partial charge in [-0.3, -0.25) is 10.1 Å². The largest absolute Gasteiger partial charge is 0.385 e. The van der Waals surface area contributed by atoms with Gasteiger partial charge in [-0.25, -0.2) is 13.1 Å². The molecule has 2 aromatic heterocycles. The summed E-state index contributed by atoms with van der Waals surface area (Å²) in [5, 5.41) is 14.0. The molecular formula is C8H9N5O5S2. The third kappa shape index (κ3) is 2.92. The van der Waals surface area contributed by atoms with Crippen LogP contribution in [-0.2, 0) is 16.6 Å². The molecule has 108 valence electrons. The second kappa shape index (κ2) is 5.15. The van der Waals surface area contributed by atoms with E-state index in [0.717, 1.165) is 6.07 Å². The highest BCUT2D eigenvalue weighted by atomic mass is 32.2. The fraction of sp³-hybridized carbons (Fsp3) is 0.250. The van der Waals surface area contributed by atoms with Gasteiger partial charge in [0, 0.05) is 6.07 Å². The smallest absolute Gasteiger partial charge is 0.304 e. The van der Waals surface area contributed by atoms with E-state index in [1.807, 2.05) is 0 Å². The molecule has 0 radical (unpaired) electrons. The van der Waals surface area contributed by atoms with Crippen LogP contribution in [-0.4, -0.2) is 23.5 Å². The van der Waals surface area contributed by atoms with Crippen molar-refractivity contribution in [1.82, 2.24) is 14.9 Å². The maximum absolute atomic E-state index is 11.9. The minimum absolute atomic E-state index is 0.0881. The first-order valence-corrected chi connectivity index (χ1v) is 7.42. The monoisotopic (exact) mass is 319 g/mol. The van der Waals surface area contributed by atoms with Crippen LogP contribution in [0.15, 0.2) is 14.8 Å². The van der Waals surface area contributed by atoms with Crippen molar-refractivity contribution in [1.29, 1.82) is 0 Å². The minimum atomic E-state index is -3.93. The summed E-state index contributed by atoms with van der Waals surface area (Å²) in [6, 6.07) is 0.904. The first-order chi connectivity index (χ1) is 9.29. The number of nitrogens with two attached hydrogens (primary N) is 1. The summed E-state index contributed by atoms with van der Waals surface area (Å²) in [4.78, 5) is 13.7. The van der Waals surface area contributed by atoms with Gasteiger partial charge in [-0.15, -0.1) is 0 Å². The second-order valence-corrected chi connectivity index (χ2v) is 6.71. The fourth-order valence-corrected chi connectivity index (χ4v) is 3.52. The number of rotatable bonds is 5. The first kappa shape index (κ1) is 14.4. The van der Waals surface area contributed by atoms with Gasteiger partial charge < -0.3 is 10.3 Å². The quantitative estimate of drug-likeness (QED) is 0.593. The number of nitrogens with zero attached hydrogens (tertiary/aromatic N) is 3. The molecule has 20 heavy (non-hydrogen) atoms. The molecule has 2 rings (SSSR count). The second-order valence-electron chi connectivity index (χ2n) is 3.63. The summed E-state index contributed by atoms with van der Waals surface area (Å²) >= 11 is 0.609. The van der Waals surface area contributed by atoms with Gasteiger partial charge in [-0.05, 0) is 6.92 Å². The van der Waals surface area contributed by atoms with E-state index < -0.39 is 20.6 Å². The van der Waals surface area contributed by atoms with Gasteiger partial charge in [-0.2, -0.15) is 4.98 Å². The van der Waals surface area contributed by atoms with Crippen LogP contribution >= 0.6 is 11.3 Å². The Morgan fingerprint density at radius 2 is 2.30 bits per heavy atom. The highest BCUT2D eigenvalue weighted by molar-refractivity contribution is 7.91. The number of aromatic nitrogens is 2. The number of nitrogens with one attached hydrogen (secondary N) is 1. The Morgan fingerprint density at radius 1 is 1.60 bits per heavy atom. The van der Waals surface area contributed by atoms with Crippen molar-refractivity contribution in [2.75, 3.05) is 5.73 Å². The molecule has 2 heterocycles. The van der Waals surface area contributed by atoms with Crippen LogP contribution in [0, 0.1) is 17.0 Å². The molecule has 3 N–H and O–H groups in total. The molecule has 10 nitrogen and oxygen atoms in total. The molecule has 2 aromatic rings. The number of hydrogen-bond donors (Lipinski definition) is 2. The first-order valence-electron chi connectivity index (χ1n) is 5.12. The van der Waals surface area contributed by atoms with Crippen molar-refractivity contribution in [2.24, 2.45) is 0 Å². The van der Waals surface area contributed by atoms with Gasteiger partial charge in [-0.1, -0.05) is 16.5 Å². The lowest BCUT2D eigenvalue weighted by Crippen LogP contribution is -2.22. The zero-order valence-electron chi connectivity index (χ0n) is 10.1. The van der Waals surface area contributed by atoms with E-state index in [1.54, 1.807) is 6.92 Å². The van der Waals surface area contributed by atoms with E-state index in [2.05, 4.69) is 14.9 Å². The lowest BCUT2D eigenvalue weighted by atomic mass is 10.5. The number of nitrogen functional groups attached to an aromatic ring is 1. The number of nitro groups is 1. The van der Waals surface area contributed by atoms with Crippen LogP contribution in [0.4, 0.5) is 10.7 Å². The lowest BCUT2D eigenvalue weighted by molar-refractivity contribution is -0.383. The molecule has 0 spiro atoms. The van der Waals surface area contributed by atoms with Crippen LogP contribution in [0.25, 0.3) is 0 Å². The number of sulfonamides is 1. The normalized spacial score (nSPS) is 11.7. The number of hydrogen-bond acceptors (Lipinski definition) is 9. The summed E-state index contributed by atoms with van der Waals surface area (Å²) in [7, 11) is -3.93. The summed E-state index contributed by atoms with van der Waals surface area (Å²) < 4.78 is 30.5. The molecule has 0 aromatic carbocycles. The zero-order valence-corrected chi connectivity index (χ0v) is 11.7. The van der Waals surface area contributed by atoms with Gasteiger partial charge >= 0.3 is 5.69 Å². The Hall–Kier alpha value is -2.05. The van der Waals surface area contributed by atoms with Crippen molar-refractivity contribution >= 4 is 32.0 Å². The lowest BCUT2D eigenvalue weighted by Gasteiger charge is -2.00. The third-order valence-corrected chi connectivity index (χ3v) is 4.99. The Kier molecular flexibility index (Phi) is 3.69. The number of thiophene rings is 1. The predicted molar refractivity (Wildman–Crippen MR) is 68.4 cm³/mol. The van der Waals surface area contributed by atoms with Crippen LogP contribution < -0.4 is 10.5 Å². The number of anilines is 1. The molecule has 0 atom stereocenters. The molecular weight excluding hydrogens is 310 g/mol. The van der Waals surface area contributed by atoms with Crippen molar-refractivity contribution in [3.63, 3.8) is 0 Å². The van der Waals surface area contributed by atoms with Crippen molar-refractivity contribution in [2.45, 2.75) is 17.7 Å². The predicted octanol–water partition coefficient (Wildman–Crippen LogP) is 0.408. The molecule has 12 heteroatoms. The summed E-state index contributed by atoms with van der Waals surface area (Å²) in [6.45, 7) is 1.37. The highest BCUT2D eigenvalue weighted by Gasteiger charge is 2.25. The van der Waals surface area contributed by atoms with Crippen molar-refractivity contribution in [3.8, 4) is 0 Å². The van der Waals surface area contributed by atoms with Crippen LogP contribution in [0.2, 0.25) is 0 Å². The Balaban J connectivity index is 2.18. The molecule has 0 unspecified atom stereocenters. The average molecular weight is 319 g/mol. The SMILES string of the molecule is Cc1noc(CNS(=O)(=O)c2cc([N+](=O)[O-])c(N)s2)n1. The van der Waals surface area contributed by atoms with E-state index in [4.69, 9.17) is 10.3 Å². The Labute approximate surface area is 116 Å². The highest BCUT2D eigenvalue weighted by Crippen LogP contribution is 2.34. The molecule has 0 fully saturated rings. The van der Waals surface area contributed by atoms with E-state index >= 15 is 0 Å². The van der Waals surface area contributed by atoms with E-state index in [1.165, 1.54) is 0 Å². The Morgan fingerprint density at radius 3 is 2.80 bits per heavy atom. The van der Waals surface area contributed by atoms with Crippen LogP contribution in [0.5, 0.6) is 0 Å². The Bertz CT molecular complexity index is 749. The van der Waals surface area contributed by atoms with Gasteiger partial charge in [0.1, 0.15) is 4.21 Å². The van der Waals surface area contributed by atoms with Crippen molar-refractivity contribution in [3.05, 3.63) is 27.9 Å². The minimum Gasteiger partial charge on any atom is -0.385 e. The molecule has 0 saturated carbocycles. The van der Waals surface area contributed by atoms with Crippen molar-refractivity contribution < 1.29 is 17.9 Å². The summed E-state index contributed by atoms with van der Waals surface area (Å²) in [5.41, 5.74) is 4.95. The van der Waals surface area contributed by atoms with Crippen LogP contribution in [0.1, 0.15) is 11.7 Å². The third-order valence-electron chi connectivity index (χ3n) is 2.16. The van der Waals surface area contributed by atoms with Gasteiger partial charge in [0.25, 0.3) is 10.0 Å². The van der Waals surface area contributed by atoms with Gasteiger partial charge in [0.2, 0.25) is 5.89 Å². The average Bonchev–Trinajstić information content (AvgIpc) is 2.93. The molecule has 0 amide bonds. The fourth-order valence-electron chi connectivity index (χ4n) is 1.29. The summed E-state index contributed by atoms with van der Waals surface area (Å²) in [5.74, 6) is 0.459.